The SMILES string of the molecule is CC(C)(C)N1CC(NS(C)(=O)=O)C1. The molecule has 1 rings (SSSR count). The lowest BCUT2D eigenvalue weighted by molar-refractivity contribution is 0.0436. The van der Waals surface area contributed by atoms with E-state index in [2.05, 4.69) is 30.4 Å². The van der Waals surface area contributed by atoms with Crippen molar-refractivity contribution in [2.24, 2.45) is 0 Å². The Kier molecular flexibility index (Phi) is 2.71. The summed E-state index contributed by atoms with van der Waals surface area (Å²) in [5, 5.41) is 0. The highest BCUT2D eigenvalue weighted by Gasteiger charge is 2.35. The predicted octanol–water partition coefficient (Wildman–Crippen LogP) is 0.0183. The van der Waals surface area contributed by atoms with Crippen LogP contribution in [-0.4, -0.2) is 44.2 Å². The third-order valence-electron chi connectivity index (χ3n) is 2.21. The van der Waals surface area contributed by atoms with E-state index in [4.69, 9.17) is 0 Å². The molecule has 0 unspecified atom stereocenters. The lowest BCUT2D eigenvalue weighted by Gasteiger charge is -2.47. The fraction of sp³-hybridized carbons (Fsp3) is 1.00. The van der Waals surface area contributed by atoms with Crippen LogP contribution in [0.3, 0.4) is 0 Å². The van der Waals surface area contributed by atoms with Crippen LogP contribution in [0.4, 0.5) is 0 Å². The fourth-order valence-electron chi connectivity index (χ4n) is 1.40. The van der Waals surface area contributed by atoms with Gasteiger partial charge in [0.25, 0.3) is 0 Å². The van der Waals surface area contributed by atoms with E-state index in [0.717, 1.165) is 13.1 Å². The van der Waals surface area contributed by atoms with Gasteiger partial charge in [0.05, 0.1) is 6.26 Å². The first-order valence-electron chi connectivity index (χ1n) is 4.41. The van der Waals surface area contributed by atoms with Crippen molar-refractivity contribution in [2.75, 3.05) is 19.3 Å². The molecule has 1 saturated heterocycles. The minimum Gasteiger partial charge on any atom is -0.295 e. The van der Waals surface area contributed by atoms with Gasteiger partial charge in [0.2, 0.25) is 10.0 Å². The smallest absolute Gasteiger partial charge is 0.209 e. The van der Waals surface area contributed by atoms with Crippen molar-refractivity contribution in [1.29, 1.82) is 0 Å². The molecular formula is C8H18N2O2S. The van der Waals surface area contributed by atoms with Crippen LogP contribution in [0.25, 0.3) is 0 Å². The number of nitrogens with one attached hydrogen (secondary N) is 1. The van der Waals surface area contributed by atoms with Gasteiger partial charge in [0.1, 0.15) is 0 Å². The second kappa shape index (κ2) is 3.22. The molecule has 78 valence electrons. The summed E-state index contributed by atoms with van der Waals surface area (Å²) in [5.41, 5.74) is 0.148. The third-order valence-corrected chi connectivity index (χ3v) is 2.97. The summed E-state index contributed by atoms with van der Waals surface area (Å²) in [7, 11) is -3.03. The Balaban J connectivity index is 2.35. The van der Waals surface area contributed by atoms with E-state index in [-0.39, 0.29) is 11.6 Å². The molecule has 0 aromatic rings. The van der Waals surface area contributed by atoms with E-state index in [0.29, 0.717) is 0 Å². The Bertz CT molecular complexity index is 273. The molecular weight excluding hydrogens is 188 g/mol. The number of hydrogen-bond acceptors (Lipinski definition) is 3. The highest BCUT2D eigenvalue weighted by atomic mass is 32.2. The van der Waals surface area contributed by atoms with E-state index in [9.17, 15) is 8.42 Å². The molecule has 0 radical (unpaired) electrons. The first kappa shape index (κ1) is 10.9. The molecule has 5 heteroatoms. The van der Waals surface area contributed by atoms with Crippen molar-refractivity contribution in [1.82, 2.24) is 9.62 Å². The quantitative estimate of drug-likeness (QED) is 0.693. The molecule has 0 saturated carbocycles. The zero-order chi connectivity index (χ0) is 10.3. The van der Waals surface area contributed by atoms with Gasteiger partial charge in [-0.15, -0.1) is 0 Å². The van der Waals surface area contributed by atoms with Gasteiger partial charge in [-0.05, 0) is 20.8 Å². The Morgan fingerprint density at radius 3 is 2.08 bits per heavy atom. The molecule has 4 nitrogen and oxygen atoms in total. The molecule has 13 heavy (non-hydrogen) atoms. The molecule has 1 aliphatic rings. The van der Waals surface area contributed by atoms with Crippen LogP contribution in [0.15, 0.2) is 0 Å². The van der Waals surface area contributed by atoms with Gasteiger partial charge >= 0.3 is 0 Å². The predicted molar refractivity (Wildman–Crippen MR) is 53.1 cm³/mol. The van der Waals surface area contributed by atoms with Gasteiger partial charge in [-0.2, -0.15) is 0 Å². The van der Waals surface area contributed by atoms with Crippen LogP contribution < -0.4 is 4.72 Å². The lowest BCUT2D eigenvalue weighted by Crippen LogP contribution is -2.64. The van der Waals surface area contributed by atoms with E-state index in [1.165, 1.54) is 6.26 Å². The molecule has 0 amide bonds. The summed E-state index contributed by atoms with van der Waals surface area (Å²) in [6.07, 6.45) is 1.20. The average Bonchev–Trinajstić information content (AvgIpc) is 1.71. The van der Waals surface area contributed by atoms with Crippen molar-refractivity contribution in [3.8, 4) is 0 Å². The van der Waals surface area contributed by atoms with E-state index < -0.39 is 10.0 Å². The van der Waals surface area contributed by atoms with Crippen LogP contribution in [0, 0.1) is 0 Å². The number of nitrogens with zero attached hydrogens (tertiary/aromatic N) is 1. The second-order valence-corrected chi connectivity index (χ2v) is 6.44. The van der Waals surface area contributed by atoms with Crippen LogP contribution in [0.1, 0.15) is 20.8 Å². The Morgan fingerprint density at radius 1 is 1.31 bits per heavy atom. The molecule has 1 N–H and O–H groups in total. The van der Waals surface area contributed by atoms with Crippen molar-refractivity contribution in [2.45, 2.75) is 32.4 Å². The van der Waals surface area contributed by atoms with Crippen LogP contribution >= 0.6 is 0 Å². The molecule has 0 atom stereocenters. The molecule has 0 bridgehead atoms. The van der Waals surface area contributed by atoms with Crippen LogP contribution in [0.5, 0.6) is 0 Å². The normalized spacial score (nSPS) is 21.5. The summed E-state index contributed by atoms with van der Waals surface area (Å²) in [6.45, 7) is 8.02. The Labute approximate surface area is 80.4 Å². The summed E-state index contributed by atoms with van der Waals surface area (Å²) < 4.78 is 24.3. The molecule has 1 heterocycles. The highest BCUT2D eigenvalue weighted by molar-refractivity contribution is 7.88. The monoisotopic (exact) mass is 206 g/mol. The van der Waals surface area contributed by atoms with E-state index in [1.807, 2.05) is 0 Å². The number of rotatable bonds is 2. The number of likely N-dealkylation sites (tertiary alicyclic amines) is 1. The maximum absolute atomic E-state index is 10.9. The molecule has 0 aliphatic carbocycles. The van der Waals surface area contributed by atoms with E-state index >= 15 is 0 Å². The minimum atomic E-state index is -3.03. The molecule has 0 aromatic heterocycles. The van der Waals surface area contributed by atoms with Crippen LogP contribution in [0.2, 0.25) is 0 Å². The summed E-state index contributed by atoms with van der Waals surface area (Å²) in [5.74, 6) is 0. The molecule has 0 aromatic carbocycles. The third kappa shape index (κ3) is 3.25. The van der Waals surface area contributed by atoms with Crippen molar-refractivity contribution < 1.29 is 8.42 Å². The second-order valence-electron chi connectivity index (χ2n) is 4.66. The zero-order valence-electron chi connectivity index (χ0n) is 8.66. The first-order chi connectivity index (χ1) is 5.68. The zero-order valence-corrected chi connectivity index (χ0v) is 9.48. The Hall–Kier alpha value is -0.130. The van der Waals surface area contributed by atoms with Gasteiger partial charge < -0.3 is 0 Å². The molecule has 0 spiro atoms. The van der Waals surface area contributed by atoms with E-state index in [1.54, 1.807) is 0 Å². The van der Waals surface area contributed by atoms with Gasteiger partial charge in [-0.25, -0.2) is 13.1 Å². The number of sulfonamides is 1. The topological polar surface area (TPSA) is 49.4 Å². The van der Waals surface area contributed by atoms with Crippen molar-refractivity contribution in [3.63, 3.8) is 0 Å². The first-order valence-corrected chi connectivity index (χ1v) is 6.30. The highest BCUT2D eigenvalue weighted by Crippen LogP contribution is 2.20. The molecule has 1 fully saturated rings. The average molecular weight is 206 g/mol. The number of hydrogen-bond donors (Lipinski definition) is 1. The van der Waals surface area contributed by atoms with Gasteiger partial charge in [-0.3, -0.25) is 4.90 Å². The largest absolute Gasteiger partial charge is 0.295 e. The standard InChI is InChI=1S/C8H18N2O2S/c1-8(2,3)10-5-7(6-10)9-13(4,11)12/h7,9H,5-6H2,1-4H3. The van der Waals surface area contributed by atoms with Crippen molar-refractivity contribution >= 4 is 10.0 Å². The fourth-order valence-corrected chi connectivity index (χ4v) is 2.16. The maximum Gasteiger partial charge on any atom is 0.209 e. The lowest BCUT2D eigenvalue weighted by atomic mass is 9.98. The summed E-state index contributed by atoms with van der Waals surface area (Å²) >= 11 is 0. The summed E-state index contributed by atoms with van der Waals surface area (Å²) in [6, 6.07) is 0.106. The minimum absolute atomic E-state index is 0.106. The van der Waals surface area contributed by atoms with Gasteiger partial charge in [0, 0.05) is 24.7 Å². The van der Waals surface area contributed by atoms with Gasteiger partial charge in [0.15, 0.2) is 0 Å². The maximum atomic E-state index is 10.9. The van der Waals surface area contributed by atoms with Gasteiger partial charge in [-0.1, -0.05) is 0 Å². The Morgan fingerprint density at radius 2 is 1.77 bits per heavy atom. The summed E-state index contributed by atoms with van der Waals surface area (Å²) in [4.78, 5) is 2.25. The molecule has 1 aliphatic heterocycles. The van der Waals surface area contributed by atoms with Crippen molar-refractivity contribution in [3.05, 3.63) is 0 Å². The van der Waals surface area contributed by atoms with Crippen LogP contribution in [-0.2, 0) is 10.0 Å².